The van der Waals surface area contributed by atoms with Crippen LogP contribution in [-0.4, -0.2) is 66.1 Å². The van der Waals surface area contributed by atoms with Crippen molar-refractivity contribution in [3.8, 4) is 5.75 Å². The number of aldehydes is 1. The maximum atomic E-state index is 12.9. The van der Waals surface area contributed by atoms with Gasteiger partial charge in [-0.05, 0) is 124 Å². The van der Waals surface area contributed by atoms with Gasteiger partial charge in [-0.3, -0.25) is 0 Å². The minimum absolute atomic E-state index is 0.104. The van der Waals surface area contributed by atoms with Crippen LogP contribution in [0.4, 0.5) is 4.79 Å². The zero-order valence-corrected chi connectivity index (χ0v) is 22.2. The first-order valence-electron chi connectivity index (χ1n) is 14.3. The van der Waals surface area contributed by atoms with Gasteiger partial charge in [-0.1, -0.05) is 13.0 Å². The quantitative estimate of drug-likeness (QED) is 0.417. The summed E-state index contributed by atoms with van der Waals surface area (Å²) in [6.07, 6.45) is 11.8. The third kappa shape index (κ3) is 4.96. The molecule has 5 rings (SSSR count). The van der Waals surface area contributed by atoms with Gasteiger partial charge in [0.2, 0.25) is 0 Å². The van der Waals surface area contributed by atoms with E-state index in [0.717, 1.165) is 83.7 Å². The van der Waals surface area contributed by atoms with Crippen LogP contribution >= 0.6 is 0 Å². The fourth-order valence-electron chi connectivity index (χ4n) is 8.02. The van der Waals surface area contributed by atoms with E-state index in [4.69, 9.17) is 4.74 Å². The molecule has 0 spiro atoms. The van der Waals surface area contributed by atoms with Crippen LogP contribution in [0.1, 0.15) is 88.2 Å². The van der Waals surface area contributed by atoms with Gasteiger partial charge in [0.05, 0.1) is 6.10 Å². The molecular weight excluding hydrogens is 452 g/mol. The molecule has 4 aliphatic rings. The van der Waals surface area contributed by atoms with Crippen molar-refractivity contribution in [3.05, 3.63) is 29.3 Å². The highest BCUT2D eigenvalue weighted by molar-refractivity contribution is 5.71. The van der Waals surface area contributed by atoms with E-state index < -0.39 is 0 Å². The summed E-state index contributed by atoms with van der Waals surface area (Å²) in [5.74, 6) is 2.56. The number of rotatable bonds is 7. The monoisotopic (exact) mass is 496 g/mol. The highest BCUT2D eigenvalue weighted by atomic mass is 16.6. The Kier molecular flexibility index (Phi) is 7.73. The zero-order valence-electron chi connectivity index (χ0n) is 22.2. The Bertz CT molecular complexity index is 943. The van der Waals surface area contributed by atoms with E-state index in [9.17, 15) is 14.7 Å². The third-order valence-electron chi connectivity index (χ3n) is 10.3. The Hall–Kier alpha value is -1.92. The molecule has 198 valence electrons. The molecule has 1 amide bonds. The number of piperidine rings is 1. The number of carbonyl (C=O) groups excluding carboxylic acids is 2. The molecule has 1 saturated heterocycles. The Balaban J connectivity index is 1.14. The predicted molar refractivity (Wildman–Crippen MR) is 140 cm³/mol. The molecule has 0 radical (unpaired) electrons. The number of nitrogens with zero attached hydrogens (tertiary/aromatic N) is 2. The highest BCUT2D eigenvalue weighted by Gasteiger charge is 2.54. The average molecular weight is 497 g/mol. The van der Waals surface area contributed by atoms with E-state index in [0.29, 0.717) is 36.0 Å². The number of ether oxygens (including phenoxy) is 1. The van der Waals surface area contributed by atoms with Gasteiger partial charge in [-0.15, -0.1) is 0 Å². The second kappa shape index (κ2) is 10.8. The molecule has 3 fully saturated rings. The van der Waals surface area contributed by atoms with E-state index in [1.54, 1.807) is 0 Å². The lowest BCUT2D eigenvalue weighted by atomic mass is 9.55. The lowest BCUT2D eigenvalue weighted by molar-refractivity contribution is -0.107. The van der Waals surface area contributed by atoms with Crippen molar-refractivity contribution >= 4 is 12.4 Å². The van der Waals surface area contributed by atoms with E-state index in [1.165, 1.54) is 17.5 Å². The molecule has 2 saturated carbocycles. The molecule has 5 unspecified atom stereocenters. The lowest BCUT2D eigenvalue weighted by Gasteiger charge is -2.50. The fourth-order valence-corrected chi connectivity index (χ4v) is 8.02. The van der Waals surface area contributed by atoms with Gasteiger partial charge >= 0.3 is 6.09 Å². The van der Waals surface area contributed by atoms with Crippen LogP contribution in [0.2, 0.25) is 0 Å². The van der Waals surface area contributed by atoms with Crippen molar-refractivity contribution in [3.63, 3.8) is 0 Å². The summed E-state index contributed by atoms with van der Waals surface area (Å²) in [5, 5.41) is 10.6. The Morgan fingerprint density at radius 3 is 2.75 bits per heavy atom. The second-order valence-electron chi connectivity index (χ2n) is 12.1. The Morgan fingerprint density at radius 1 is 1.17 bits per heavy atom. The molecule has 0 bridgehead atoms. The van der Waals surface area contributed by atoms with E-state index in [1.807, 2.05) is 11.0 Å². The van der Waals surface area contributed by atoms with Crippen molar-refractivity contribution < 1.29 is 19.4 Å². The van der Waals surface area contributed by atoms with Gasteiger partial charge in [0.1, 0.15) is 12.0 Å². The molecule has 6 nitrogen and oxygen atoms in total. The summed E-state index contributed by atoms with van der Waals surface area (Å²) >= 11 is 0. The van der Waals surface area contributed by atoms with Gasteiger partial charge in [0.15, 0.2) is 0 Å². The number of amides is 1. The van der Waals surface area contributed by atoms with Crippen LogP contribution in [0, 0.1) is 17.3 Å². The molecule has 1 aromatic rings. The summed E-state index contributed by atoms with van der Waals surface area (Å²) in [7, 11) is 2.15. The number of hydrogen-bond acceptors (Lipinski definition) is 5. The van der Waals surface area contributed by atoms with Crippen LogP contribution in [0.25, 0.3) is 0 Å². The average Bonchev–Trinajstić information content (AvgIpc) is 3.20. The zero-order chi connectivity index (χ0) is 25.3. The van der Waals surface area contributed by atoms with E-state index in [2.05, 4.69) is 31.0 Å². The van der Waals surface area contributed by atoms with E-state index >= 15 is 0 Å². The first-order valence-corrected chi connectivity index (χ1v) is 14.3. The highest BCUT2D eigenvalue weighted by Crippen LogP contribution is 2.60. The number of aliphatic hydroxyl groups excluding tert-OH is 1. The van der Waals surface area contributed by atoms with Gasteiger partial charge in [-0.2, -0.15) is 0 Å². The molecular formula is C30H44N2O4. The second-order valence-corrected chi connectivity index (χ2v) is 12.1. The number of unbranched alkanes of at least 4 members (excludes halogenated alkanes) is 2. The Morgan fingerprint density at radius 2 is 1.97 bits per heavy atom. The number of benzene rings is 1. The van der Waals surface area contributed by atoms with Crippen molar-refractivity contribution in [2.75, 3.05) is 26.7 Å². The number of aliphatic hydroxyl groups is 1. The summed E-state index contributed by atoms with van der Waals surface area (Å²) < 4.78 is 5.85. The van der Waals surface area contributed by atoms with Gasteiger partial charge in [-0.25, -0.2) is 4.79 Å². The summed E-state index contributed by atoms with van der Waals surface area (Å²) in [4.78, 5) is 27.6. The number of hydrogen-bond donors (Lipinski definition) is 1. The number of aryl methyl sites for hydroxylation is 1. The standard InChI is InChI=1S/C30H44N2O4/c1-30-15-12-25-24-9-7-23(20-21(24)6-8-26(25)27(30)10-11-28(30)34)36-29(35)32-17-13-22(14-18-32)31(2)16-4-3-5-19-33/h7,9,19-20,22,25-28,34H,3-6,8,10-18H2,1-2H3. The van der Waals surface area contributed by atoms with Crippen LogP contribution in [0.3, 0.4) is 0 Å². The van der Waals surface area contributed by atoms with Crippen molar-refractivity contribution in [2.24, 2.45) is 17.3 Å². The first-order chi connectivity index (χ1) is 17.4. The molecule has 1 N–H and O–H groups in total. The van der Waals surface area contributed by atoms with Crippen molar-refractivity contribution in [2.45, 2.75) is 95.6 Å². The molecule has 5 atom stereocenters. The summed E-state index contributed by atoms with van der Waals surface area (Å²) in [6, 6.07) is 6.81. The predicted octanol–water partition coefficient (Wildman–Crippen LogP) is 5.17. The normalized spacial score (nSPS) is 32.1. The third-order valence-corrected chi connectivity index (χ3v) is 10.3. The van der Waals surface area contributed by atoms with Crippen molar-refractivity contribution in [1.29, 1.82) is 0 Å². The summed E-state index contributed by atoms with van der Waals surface area (Å²) in [5.41, 5.74) is 2.90. The molecule has 6 heteroatoms. The topological polar surface area (TPSA) is 70.1 Å². The molecule has 36 heavy (non-hydrogen) atoms. The lowest BCUT2D eigenvalue weighted by Crippen LogP contribution is -2.46. The summed E-state index contributed by atoms with van der Waals surface area (Å²) in [6.45, 7) is 4.77. The Labute approximate surface area is 216 Å². The molecule has 1 aliphatic heterocycles. The smallest absolute Gasteiger partial charge is 0.410 e. The maximum absolute atomic E-state index is 12.9. The van der Waals surface area contributed by atoms with E-state index in [-0.39, 0.29) is 17.6 Å². The number of fused-ring (bicyclic) bond motifs is 5. The van der Waals surface area contributed by atoms with Crippen LogP contribution in [0.5, 0.6) is 5.75 Å². The van der Waals surface area contributed by atoms with Crippen LogP contribution in [-0.2, 0) is 11.2 Å². The van der Waals surface area contributed by atoms with Gasteiger partial charge in [0.25, 0.3) is 0 Å². The van der Waals surface area contributed by atoms with Crippen LogP contribution in [0.15, 0.2) is 18.2 Å². The molecule has 3 aliphatic carbocycles. The van der Waals surface area contributed by atoms with Gasteiger partial charge < -0.3 is 24.4 Å². The fraction of sp³-hybridized carbons (Fsp3) is 0.733. The van der Waals surface area contributed by atoms with Crippen LogP contribution < -0.4 is 4.74 Å². The van der Waals surface area contributed by atoms with Gasteiger partial charge in [0, 0.05) is 25.6 Å². The number of likely N-dealkylation sites (tertiary alicyclic amines) is 1. The number of carbonyl (C=O) groups is 2. The minimum Gasteiger partial charge on any atom is -0.410 e. The van der Waals surface area contributed by atoms with Crippen molar-refractivity contribution in [1.82, 2.24) is 9.80 Å². The molecule has 1 heterocycles. The first kappa shape index (κ1) is 25.7. The minimum atomic E-state index is -0.232. The maximum Gasteiger partial charge on any atom is 0.415 e. The largest absolute Gasteiger partial charge is 0.415 e. The molecule has 0 aromatic heterocycles. The SMILES string of the molecule is CN(CCCCC=O)C1CCN(C(=O)Oc2ccc3c(c2)CCC2C3CCC3(C)C(O)CCC23)CC1. The molecule has 1 aromatic carbocycles.